The van der Waals surface area contributed by atoms with Crippen LogP contribution in [0.1, 0.15) is 23.1 Å². The van der Waals surface area contributed by atoms with E-state index in [1.807, 2.05) is 44.2 Å². The maximum atomic E-state index is 11.8. The minimum Gasteiger partial charge on any atom is -0.309 e. The number of para-hydroxylation sites is 1. The van der Waals surface area contributed by atoms with Gasteiger partial charge in [0.25, 0.3) is 0 Å². The summed E-state index contributed by atoms with van der Waals surface area (Å²) >= 11 is 0. The number of aryl methyl sites for hydroxylation is 2. The number of nitrogens with zero attached hydrogens (tertiary/aromatic N) is 5. The van der Waals surface area contributed by atoms with Gasteiger partial charge in [-0.25, -0.2) is 4.98 Å². The first-order valence-electron chi connectivity index (χ1n) is 7.57. The summed E-state index contributed by atoms with van der Waals surface area (Å²) in [5.74, 6) is 0.199. The molecule has 25 heavy (non-hydrogen) atoms. The van der Waals surface area contributed by atoms with Gasteiger partial charge in [-0.2, -0.15) is 20.3 Å². The lowest BCUT2D eigenvalue weighted by Crippen LogP contribution is -2.15. The molecule has 2 heterocycles. The van der Waals surface area contributed by atoms with Crippen molar-refractivity contribution in [2.45, 2.75) is 20.3 Å². The predicted octanol–water partition coefficient (Wildman–Crippen LogP) is 2.76. The molecule has 0 aliphatic heterocycles. The largest absolute Gasteiger partial charge is 0.309 e. The number of rotatable bonds is 3. The minimum atomic E-state index is -0.505. The number of aromatic nitrogens is 3. The Balaban J connectivity index is 2.17. The summed E-state index contributed by atoms with van der Waals surface area (Å²) in [6, 6.07) is 11.5. The molecule has 0 aliphatic rings. The van der Waals surface area contributed by atoms with Gasteiger partial charge in [-0.3, -0.25) is 4.79 Å². The quantitative estimate of drug-likeness (QED) is 0.794. The third-order valence-corrected chi connectivity index (χ3v) is 3.84. The summed E-state index contributed by atoms with van der Waals surface area (Å²) in [6.45, 7) is 3.94. The van der Waals surface area contributed by atoms with Gasteiger partial charge in [0, 0.05) is 5.39 Å². The van der Waals surface area contributed by atoms with E-state index in [0.29, 0.717) is 5.82 Å². The maximum Gasteiger partial charge on any atom is 0.239 e. The van der Waals surface area contributed by atoms with Crippen LogP contribution in [0.3, 0.4) is 0 Å². The molecule has 0 saturated carbocycles. The Kier molecular flexibility index (Phi) is 4.15. The van der Waals surface area contributed by atoms with E-state index >= 15 is 0 Å². The Bertz CT molecular complexity index is 1070. The summed E-state index contributed by atoms with van der Waals surface area (Å²) in [5.41, 5.74) is 3.06. The second-order valence-corrected chi connectivity index (χ2v) is 5.58. The van der Waals surface area contributed by atoms with Crippen LogP contribution < -0.4 is 5.32 Å². The van der Waals surface area contributed by atoms with Gasteiger partial charge in [0.1, 0.15) is 18.1 Å². The first kappa shape index (κ1) is 16.2. The number of anilines is 1. The van der Waals surface area contributed by atoms with Crippen LogP contribution in [0.2, 0.25) is 0 Å². The van der Waals surface area contributed by atoms with Crippen LogP contribution in [0.5, 0.6) is 0 Å². The van der Waals surface area contributed by atoms with Crippen LogP contribution in [0.4, 0.5) is 5.82 Å². The summed E-state index contributed by atoms with van der Waals surface area (Å²) < 4.78 is 1.41. The van der Waals surface area contributed by atoms with Crippen molar-refractivity contribution >= 4 is 22.6 Å². The number of nitriles is 2. The van der Waals surface area contributed by atoms with Gasteiger partial charge in [-0.05, 0) is 31.0 Å². The van der Waals surface area contributed by atoms with Gasteiger partial charge in [-0.1, -0.05) is 18.2 Å². The van der Waals surface area contributed by atoms with Crippen molar-refractivity contribution in [2.24, 2.45) is 0 Å². The topological polar surface area (TPSA) is 107 Å². The van der Waals surface area contributed by atoms with Gasteiger partial charge < -0.3 is 5.32 Å². The van der Waals surface area contributed by atoms with Gasteiger partial charge in [0.15, 0.2) is 11.6 Å². The van der Waals surface area contributed by atoms with Crippen LogP contribution >= 0.6 is 0 Å². The molecule has 3 rings (SSSR count). The average Bonchev–Trinajstić information content (AvgIpc) is 2.98. The third-order valence-electron chi connectivity index (χ3n) is 3.84. The predicted molar refractivity (Wildman–Crippen MR) is 91.9 cm³/mol. The lowest BCUT2D eigenvalue weighted by atomic mass is 10.1. The molecule has 0 radical (unpaired) electrons. The summed E-state index contributed by atoms with van der Waals surface area (Å²) in [5, 5.41) is 25.7. The highest BCUT2D eigenvalue weighted by Gasteiger charge is 2.17. The Morgan fingerprint density at radius 1 is 1.28 bits per heavy atom. The highest BCUT2D eigenvalue weighted by molar-refractivity contribution is 5.93. The van der Waals surface area contributed by atoms with Gasteiger partial charge in [0.2, 0.25) is 5.91 Å². The Morgan fingerprint density at radius 3 is 2.80 bits per heavy atom. The standard InChI is InChI=1S/C18H14N6O/c1-11-4-3-5-14-12(2)8-15(22-17(11)14)24-18(13(9-20)10-21-24)23-16(25)6-7-19/h3-5,8,10H,6H2,1-2H3,(H,23,25). The van der Waals surface area contributed by atoms with E-state index in [9.17, 15) is 10.1 Å². The van der Waals surface area contributed by atoms with Gasteiger partial charge in [-0.15, -0.1) is 0 Å². The van der Waals surface area contributed by atoms with E-state index in [1.54, 1.807) is 6.07 Å². The fourth-order valence-corrected chi connectivity index (χ4v) is 2.62. The molecule has 122 valence electrons. The molecule has 1 aromatic carbocycles. The van der Waals surface area contributed by atoms with Crippen molar-refractivity contribution in [3.63, 3.8) is 0 Å². The highest BCUT2D eigenvalue weighted by Crippen LogP contribution is 2.25. The molecule has 1 amide bonds. The van der Waals surface area contributed by atoms with Crippen LogP contribution in [0.25, 0.3) is 16.7 Å². The van der Waals surface area contributed by atoms with Crippen molar-refractivity contribution in [2.75, 3.05) is 5.32 Å². The van der Waals surface area contributed by atoms with E-state index in [-0.39, 0.29) is 17.8 Å². The van der Waals surface area contributed by atoms with Crippen LogP contribution in [-0.2, 0) is 4.79 Å². The summed E-state index contributed by atoms with van der Waals surface area (Å²) in [4.78, 5) is 16.4. The lowest BCUT2D eigenvalue weighted by Gasteiger charge is -2.11. The zero-order chi connectivity index (χ0) is 18.0. The van der Waals surface area contributed by atoms with Crippen molar-refractivity contribution in [1.29, 1.82) is 10.5 Å². The number of benzene rings is 1. The average molecular weight is 330 g/mol. The molecule has 0 unspecified atom stereocenters. The first-order chi connectivity index (χ1) is 12.0. The third kappa shape index (κ3) is 2.91. The molecular formula is C18H14N6O. The second-order valence-electron chi connectivity index (χ2n) is 5.58. The molecule has 0 saturated heterocycles. The second kappa shape index (κ2) is 6.42. The fourth-order valence-electron chi connectivity index (χ4n) is 2.62. The van der Waals surface area contributed by atoms with Crippen molar-refractivity contribution in [1.82, 2.24) is 14.8 Å². The Hall–Kier alpha value is -3.71. The number of carbonyl (C=O) groups excluding carboxylic acids is 1. The number of pyridine rings is 1. The van der Waals surface area contributed by atoms with Crippen molar-refractivity contribution in [3.8, 4) is 18.0 Å². The lowest BCUT2D eigenvalue weighted by molar-refractivity contribution is -0.115. The van der Waals surface area contributed by atoms with Crippen molar-refractivity contribution in [3.05, 3.63) is 47.2 Å². The molecule has 1 N–H and O–H groups in total. The number of amides is 1. The number of hydrogen-bond acceptors (Lipinski definition) is 5. The van der Waals surface area contributed by atoms with Crippen LogP contribution in [0, 0.1) is 36.5 Å². The molecular weight excluding hydrogens is 316 g/mol. The molecule has 2 aromatic heterocycles. The van der Waals surface area contributed by atoms with E-state index in [0.717, 1.165) is 22.0 Å². The van der Waals surface area contributed by atoms with Gasteiger partial charge >= 0.3 is 0 Å². The van der Waals surface area contributed by atoms with Gasteiger partial charge in [0.05, 0.1) is 17.8 Å². The normalized spacial score (nSPS) is 10.2. The number of nitrogens with one attached hydrogen (secondary N) is 1. The van der Waals surface area contributed by atoms with Crippen LogP contribution in [-0.4, -0.2) is 20.7 Å². The molecule has 7 nitrogen and oxygen atoms in total. The molecule has 0 fully saturated rings. The first-order valence-corrected chi connectivity index (χ1v) is 7.57. The molecule has 0 bridgehead atoms. The fraction of sp³-hybridized carbons (Fsp3) is 0.167. The highest BCUT2D eigenvalue weighted by atomic mass is 16.1. The zero-order valence-electron chi connectivity index (χ0n) is 13.7. The zero-order valence-corrected chi connectivity index (χ0v) is 13.7. The van der Waals surface area contributed by atoms with E-state index < -0.39 is 5.91 Å². The summed E-state index contributed by atoms with van der Waals surface area (Å²) in [6.07, 6.45) is 1.06. The number of hydrogen-bond donors (Lipinski definition) is 1. The van der Waals surface area contributed by atoms with E-state index in [1.165, 1.54) is 10.9 Å². The SMILES string of the molecule is Cc1cc(-n2ncc(C#N)c2NC(=O)CC#N)nc2c(C)cccc12. The number of fused-ring (bicyclic) bond motifs is 1. The molecule has 0 atom stereocenters. The van der Waals surface area contributed by atoms with E-state index in [2.05, 4.69) is 15.4 Å². The monoisotopic (exact) mass is 330 g/mol. The molecule has 7 heteroatoms. The minimum absolute atomic E-state index is 0.204. The van der Waals surface area contributed by atoms with Crippen LogP contribution in [0.15, 0.2) is 30.5 Å². The smallest absolute Gasteiger partial charge is 0.239 e. The summed E-state index contributed by atoms with van der Waals surface area (Å²) in [7, 11) is 0. The molecule has 0 aliphatic carbocycles. The Morgan fingerprint density at radius 2 is 2.08 bits per heavy atom. The molecule has 0 spiro atoms. The van der Waals surface area contributed by atoms with E-state index in [4.69, 9.17) is 5.26 Å². The number of carbonyl (C=O) groups is 1. The van der Waals surface area contributed by atoms with Crippen molar-refractivity contribution < 1.29 is 4.79 Å². The Labute approximate surface area is 144 Å². The maximum absolute atomic E-state index is 11.8. The molecule has 3 aromatic rings.